The van der Waals surface area contributed by atoms with Crippen LogP contribution in [0.15, 0.2) is 42.7 Å². The first-order valence-electron chi connectivity index (χ1n) is 5.38. The number of nitrogens with two attached hydrogens (primary N) is 1. The SMILES string of the molecule is CC(Nc1ccc(Cl)cc1N)c1cccnc1.Cl. The van der Waals surface area contributed by atoms with Gasteiger partial charge in [-0.05, 0) is 36.8 Å². The van der Waals surface area contributed by atoms with E-state index in [0.29, 0.717) is 10.7 Å². The van der Waals surface area contributed by atoms with Crippen LogP contribution in [0.1, 0.15) is 18.5 Å². The summed E-state index contributed by atoms with van der Waals surface area (Å²) in [7, 11) is 0. The van der Waals surface area contributed by atoms with Gasteiger partial charge in [-0.15, -0.1) is 12.4 Å². The molecule has 0 radical (unpaired) electrons. The summed E-state index contributed by atoms with van der Waals surface area (Å²) in [5.41, 5.74) is 8.52. The summed E-state index contributed by atoms with van der Waals surface area (Å²) >= 11 is 5.85. The van der Waals surface area contributed by atoms with Crippen LogP contribution >= 0.6 is 24.0 Å². The van der Waals surface area contributed by atoms with Crippen molar-refractivity contribution in [1.82, 2.24) is 4.98 Å². The van der Waals surface area contributed by atoms with E-state index in [0.717, 1.165) is 11.3 Å². The quantitative estimate of drug-likeness (QED) is 0.840. The van der Waals surface area contributed by atoms with E-state index in [1.807, 2.05) is 30.5 Å². The number of hydrogen-bond donors (Lipinski definition) is 2. The Morgan fingerprint density at radius 1 is 1.33 bits per heavy atom. The maximum Gasteiger partial charge on any atom is 0.0579 e. The van der Waals surface area contributed by atoms with Gasteiger partial charge in [-0.1, -0.05) is 17.7 Å². The number of aromatic nitrogens is 1. The van der Waals surface area contributed by atoms with Gasteiger partial charge in [0.15, 0.2) is 0 Å². The van der Waals surface area contributed by atoms with E-state index in [4.69, 9.17) is 17.3 Å². The van der Waals surface area contributed by atoms with E-state index < -0.39 is 0 Å². The standard InChI is InChI=1S/C13H14ClN3.ClH/c1-9(10-3-2-6-16-8-10)17-13-5-4-11(14)7-12(13)15;/h2-9,17H,15H2,1H3;1H. The van der Waals surface area contributed by atoms with Crippen molar-refractivity contribution in [2.75, 3.05) is 11.1 Å². The second-order valence-electron chi connectivity index (χ2n) is 3.88. The van der Waals surface area contributed by atoms with Crippen molar-refractivity contribution in [3.05, 3.63) is 53.3 Å². The summed E-state index contributed by atoms with van der Waals surface area (Å²) in [6.45, 7) is 2.06. The molecule has 96 valence electrons. The van der Waals surface area contributed by atoms with E-state index >= 15 is 0 Å². The number of hydrogen-bond acceptors (Lipinski definition) is 3. The Morgan fingerprint density at radius 3 is 2.72 bits per heavy atom. The molecule has 0 amide bonds. The van der Waals surface area contributed by atoms with Crippen molar-refractivity contribution in [2.45, 2.75) is 13.0 Å². The summed E-state index contributed by atoms with van der Waals surface area (Å²) in [6, 6.07) is 9.52. The minimum Gasteiger partial charge on any atom is -0.397 e. The molecule has 2 rings (SSSR count). The minimum absolute atomic E-state index is 0. The zero-order valence-corrected chi connectivity index (χ0v) is 11.5. The lowest BCUT2D eigenvalue weighted by Gasteiger charge is -2.16. The Morgan fingerprint density at radius 2 is 2.11 bits per heavy atom. The Bertz CT molecular complexity index is 503. The molecular formula is C13H15Cl2N3. The van der Waals surface area contributed by atoms with E-state index in [9.17, 15) is 0 Å². The molecule has 1 heterocycles. The number of benzene rings is 1. The average molecular weight is 284 g/mol. The lowest BCUT2D eigenvalue weighted by Crippen LogP contribution is -2.08. The zero-order chi connectivity index (χ0) is 12.3. The van der Waals surface area contributed by atoms with Crippen molar-refractivity contribution in [1.29, 1.82) is 0 Å². The Kier molecular flexibility index (Phi) is 5.25. The number of nitrogens with zero attached hydrogens (tertiary/aromatic N) is 1. The Hall–Kier alpha value is -1.45. The predicted molar refractivity (Wildman–Crippen MR) is 79.4 cm³/mol. The third-order valence-electron chi connectivity index (χ3n) is 2.57. The fourth-order valence-electron chi connectivity index (χ4n) is 1.61. The highest BCUT2D eigenvalue weighted by atomic mass is 35.5. The molecule has 1 aromatic heterocycles. The first kappa shape index (κ1) is 14.6. The first-order valence-corrected chi connectivity index (χ1v) is 5.76. The lowest BCUT2D eigenvalue weighted by molar-refractivity contribution is 0.876. The van der Waals surface area contributed by atoms with Gasteiger partial charge in [0.25, 0.3) is 0 Å². The number of anilines is 2. The van der Waals surface area contributed by atoms with Crippen LogP contribution in [0.25, 0.3) is 0 Å². The normalized spacial score (nSPS) is 11.4. The maximum atomic E-state index is 5.89. The van der Waals surface area contributed by atoms with Gasteiger partial charge < -0.3 is 11.1 Å². The zero-order valence-electron chi connectivity index (χ0n) is 9.93. The Balaban J connectivity index is 0.00000162. The van der Waals surface area contributed by atoms with Gasteiger partial charge in [0, 0.05) is 17.4 Å². The van der Waals surface area contributed by atoms with Crippen LogP contribution in [-0.2, 0) is 0 Å². The summed E-state index contributed by atoms with van der Waals surface area (Å²) in [5, 5.41) is 3.97. The van der Waals surface area contributed by atoms with Gasteiger partial charge in [0.05, 0.1) is 17.4 Å². The van der Waals surface area contributed by atoms with Gasteiger partial charge in [0.2, 0.25) is 0 Å². The van der Waals surface area contributed by atoms with Gasteiger partial charge in [-0.2, -0.15) is 0 Å². The molecule has 0 aliphatic carbocycles. The summed E-state index contributed by atoms with van der Waals surface area (Å²) in [4.78, 5) is 4.09. The molecule has 2 aromatic rings. The smallest absolute Gasteiger partial charge is 0.0579 e. The number of rotatable bonds is 3. The molecule has 0 fully saturated rings. The molecule has 3 nitrogen and oxygen atoms in total. The van der Waals surface area contributed by atoms with Gasteiger partial charge >= 0.3 is 0 Å². The predicted octanol–water partition coefficient (Wildman–Crippen LogP) is 3.91. The second-order valence-corrected chi connectivity index (χ2v) is 4.32. The molecule has 0 aliphatic heterocycles. The molecule has 1 aromatic carbocycles. The van der Waals surface area contributed by atoms with Crippen LogP contribution in [0.2, 0.25) is 5.02 Å². The third kappa shape index (κ3) is 3.52. The second kappa shape index (κ2) is 6.47. The highest BCUT2D eigenvalue weighted by molar-refractivity contribution is 6.31. The van der Waals surface area contributed by atoms with Gasteiger partial charge in [-0.3, -0.25) is 4.98 Å². The molecule has 5 heteroatoms. The molecule has 1 unspecified atom stereocenters. The van der Waals surface area contributed by atoms with E-state index in [2.05, 4.69) is 17.2 Å². The molecular weight excluding hydrogens is 269 g/mol. The van der Waals surface area contributed by atoms with Crippen LogP contribution < -0.4 is 11.1 Å². The molecule has 18 heavy (non-hydrogen) atoms. The van der Waals surface area contributed by atoms with Crippen LogP contribution in [0.3, 0.4) is 0 Å². The molecule has 0 saturated heterocycles. The van der Waals surface area contributed by atoms with Crippen LogP contribution in [-0.4, -0.2) is 4.98 Å². The lowest BCUT2D eigenvalue weighted by atomic mass is 10.1. The van der Waals surface area contributed by atoms with Crippen molar-refractivity contribution >= 4 is 35.4 Å². The molecule has 0 saturated carbocycles. The highest BCUT2D eigenvalue weighted by Gasteiger charge is 2.07. The van der Waals surface area contributed by atoms with E-state index in [-0.39, 0.29) is 18.4 Å². The first-order chi connectivity index (χ1) is 8.16. The molecule has 0 bridgehead atoms. The summed E-state index contributed by atoms with van der Waals surface area (Å²) in [6.07, 6.45) is 3.59. The third-order valence-corrected chi connectivity index (χ3v) is 2.81. The van der Waals surface area contributed by atoms with E-state index in [1.54, 1.807) is 12.3 Å². The van der Waals surface area contributed by atoms with Crippen molar-refractivity contribution in [3.8, 4) is 0 Å². The largest absolute Gasteiger partial charge is 0.397 e. The van der Waals surface area contributed by atoms with Crippen molar-refractivity contribution < 1.29 is 0 Å². The summed E-state index contributed by atoms with van der Waals surface area (Å²) in [5.74, 6) is 0. The average Bonchev–Trinajstić information content (AvgIpc) is 2.34. The minimum atomic E-state index is 0. The van der Waals surface area contributed by atoms with Crippen LogP contribution in [0, 0.1) is 0 Å². The van der Waals surface area contributed by atoms with Crippen molar-refractivity contribution in [3.63, 3.8) is 0 Å². The monoisotopic (exact) mass is 283 g/mol. The van der Waals surface area contributed by atoms with Gasteiger partial charge in [0.1, 0.15) is 0 Å². The topological polar surface area (TPSA) is 50.9 Å². The fraction of sp³-hybridized carbons (Fsp3) is 0.154. The van der Waals surface area contributed by atoms with Crippen LogP contribution in [0.4, 0.5) is 11.4 Å². The molecule has 1 atom stereocenters. The number of nitrogens with one attached hydrogen (secondary N) is 1. The number of pyridine rings is 1. The highest BCUT2D eigenvalue weighted by Crippen LogP contribution is 2.26. The number of nitrogen functional groups attached to an aromatic ring is 1. The van der Waals surface area contributed by atoms with Gasteiger partial charge in [-0.25, -0.2) is 0 Å². The molecule has 0 aliphatic rings. The summed E-state index contributed by atoms with van der Waals surface area (Å²) < 4.78 is 0. The van der Waals surface area contributed by atoms with Crippen molar-refractivity contribution in [2.24, 2.45) is 0 Å². The molecule has 0 spiro atoms. The van der Waals surface area contributed by atoms with Crippen LogP contribution in [0.5, 0.6) is 0 Å². The van der Waals surface area contributed by atoms with E-state index in [1.165, 1.54) is 0 Å². The fourth-order valence-corrected chi connectivity index (χ4v) is 1.79. The number of halogens is 2. The maximum absolute atomic E-state index is 5.89. The molecule has 3 N–H and O–H groups in total. The Labute approximate surface area is 118 Å².